The minimum atomic E-state index is -0.194. The molecule has 0 rings (SSSR count). The molecule has 0 amide bonds. The van der Waals surface area contributed by atoms with Gasteiger partial charge in [0.05, 0.1) is 0 Å². The lowest BCUT2D eigenvalue weighted by Gasteiger charge is -2.24. The molecule has 0 saturated carbocycles. The highest BCUT2D eigenvalue weighted by Gasteiger charge is 2.24. The Hall–Kier alpha value is -0.370. The molecule has 0 bridgehead atoms. The first kappa shape index (κ1) is 13.6. The van der Waals surface area contributed by atoms with Crippen molar-refractivity contribution in [2.24, 2.45) is 5.41 Å². The van der Waals surface area contributed by atoms with E-state index in [-0.39, 0.29) is 17.3 Å². The first-order chi connectivity index (χ1) is 6.40. The van der Waals surface area contributed by atoms with E-state index in [9.17, 15) is 4.79 Å². The van der Waals surface area contributed by atoms with Crippen LogP contribution in [0.25, 0.3) is 0 Å². The third-order valence-corrected chi connectivity index (χ3v) is 2.02. The number of carbonyl (C=O) groups excluding carboxylic acids is 1. The van der Waals surface area contributed by atoms with E-state index < -0.39 is 0 Å². The third kappa shape index (κ3) is 6.14. The highest BCUT2D eigenvalue weighted by Crippen LogP contribution is 2.23. The van der Waals surface area contributed by atoms with E-state index in [1.165, 1.54) is 0 Å². The van der Waals surface area contributed by atoms with Gasteiger partial charge in [-0.25, -0.2) is 0 Å². The fourth-order valence-electron chi connectivity index (χ4n) is 1.43. The number of hydrogen-bond acceptors (Lipinski definition) is 2. The van der Waals surface area contributed by atoms with Gasteiger partial charge in [0.25, 0.3) is 0 Å². The van der Waals surface area contributed by atoms with E-state index in [4.69, 9.17) is 4.74 Å². The van der Waals surface area contributed by atoms with Crippen LogP contribution in [0.15, 0.2) is 0 Å². The van der Waals surface area contributed by atoms with Crippen LogP contribution in [0, 0.1) is 5.41 Å². The molecule has 1 atom stereocenters. The van der Waals surface area contributed by atoms with Crippen LogP contribution < -0.4 is 0 Å². The van der Waals surface area contributed by atoms with Gasteiger partial charge in [0.15, 0.2) is 5.78 Å². The molecule has 84 valence electrons. The molecule has 0 aliphatic heterocycles. The van der Waals surface area contributed by atoms with Gasteiger partial charge in [-0.1, -0.05) is 27.7 Å². The summed E-state index contributed by atoms with van der Waals surface area (Å²) >= 11 is 0. The molecule has 0 spiro atoms. The number of hydrogen-bond donors (Lipinski definition) is 0. The summed E-state index contributed by atoms with van der Waals surface area (Å²) in [5.41, 5.74) is 0.156. The van der Waals surface area contributed by atoms with E-state index in [0.29, 0.717) is 13.0 Å². The molecular formula is C12H24O2. The predicted molar refractivity (Wildman–Crippen MR) is 59.4 cm³/mol. The molecule has 0 N–H and O–H groups in total. The van der Waals surface area contributed by atoms with Crippen LogP contribution in [0.1, 0.15) is 53.9 Å². The monoisotopic (exact) mass is 200 g/mol. The molecule has 0 aromatic heterocycles. The molecule has 0 aromatic carbocycles. The Morgan fingerprint density at radius 3 is 2.21 bits per heavy atom. The van der Waals surface area contributed by atoms with Crippen molar-refractivity contribution in [2.75, 3.05) is 6.61 Å². The number of ketones is 1. The quantitative estimate of drug-likeness (QED) is 0.658. The van der Waals surface area contributed by atoms with Gasteiger partial charge in [-0.05, 0) is 25.2 Å². The van der Waals surface area contributed by atoms with Crippen molar-refractivity contribution in [2.45, 2.75) is 60.0 Å². The van der Waals surface area contributed by atoms with Crippen molar-refractivity contribution in [3.05, 3.63) is 0 Å². The van der Waals surface area contributed by atoms with Gasteiger partial charge in [0.2, 0.25) is 0 Å². The third-order valence-electron chi connectivity index (χ3n) is 2.02. The summed E-state index contributed by atoms with van der Waals surface area (Å²) in [4.78, 5) is 11.7. The van der Waals surface area contributed by atoms with Gasteiger partial charge in [-0.3, -0.25) is 4.79 Å². The van der Waals surface area contributed by atoms with Crippen LogP contribution >= 0.6 is 0 Å². The van der Waals surface area contributed by atoms with Crippen LogP contribution in [0.3, 0.4) is 0 Å². The average Bonchev–Trinajstić information content (AvgIpc) is 2.01. The van der Waals surface area contributed by atoms with Gasteiger partial charge in [0, 0.05) is 13.0 Å². The Morgan fingerprint density at radius 1 is 1.29 bits per heavy atom. The lowest BCUT2D eigenvalue weighted by Crippen LogP contribution is -2.29. The zero-order valence-electron chi connectivity index (χ0n) is 10.2. The molecule has 0 fully saturated rings. The maximum Gasteiger partial charge on any atom is 0.161 e. The molecule has 0 saturated heterocycles. The molecule has 14 heavy (non-hydrogen) atoms. The van der Waals surface area contributed by atoms with E-state index in [1.807, 2.05) is 13.8 Å². The number of Topliss-reactive ketones (excluding diaryl/α,β-unsaturated/α-hetero) is 1. The highest BCUT2D eigenvalue weighted by molar-refractivity contribution is 5.83. The largest absolute Gasteiger partial charge is 0.371 e. The molecule has 0 aliphatic carbocycles. The Balaban J connectivity index is 4.21. The summed E-state index contributed by atoms with van der Waals surface area (Å²) in [7, 11) is 0. The number of ether oxygens (including phenoxy) is 1. The van der Waals surface area contributed by atoms with Crippen molar-refractivity contribution in [3.63, 3.8) is 0 Å². The maximum atomic E-state index is 11.7. The summed E-state index contributed by atoms with van der Waals surface area (Å²) in [6, 6.07) is 0. The van der Waals surface area contributed by atoms with Crippen molar-refractivity contribution < 1.29 is 9.53 Å². The first-order valence-corrected chi connectivity index (χ1v) is 5.55. The average molecular weight is 200 g/mol. The fraction of sp³-hybridized carbons (Fsp3) is 0.917. The topological polar surface area (TPSA) is 26.3 Å². The molecule has 0 aromatic rings. The fourth-order valence-corrected chi connectivity index (χ4v) is 1.43. The molecular weight excluding hydrogens is 176 g/mol. The van der Waals surface area contributed by atoms with Gasteiger partial charge >= 0.3 is 0 Å². The van der Waals surface area contributed by atoms with Crippen LogP contribution in [0.4, 0.5) is 0 Å². The zero-order chi connectivity index (χ0) is 11.2. The highest BCUT2D eigenvalue weighted by atomic mass is 16.5. The summed E-state index contributed by atoms with van der Waals surface area (Å²) < 4.78 is 5.48. The normalized spacial score (nSPS) is 14.1. The van der Waals surface area contributed by atoms with Crippen LogP contribution in [0.5, 0.6) is 0 Å². The first-order valence-electron chi connectivity index (χ1n) is 5.55. The van der Waals surface area contributed by atoms with Crippen LogP contribution in [0.2, 0.25) is 0 Å². The Morgan fingerprint density at radius 2 is 1.86 bits per heavy atom. The lowest BCUT2D eigenvalue weighted by atomic mass is 9.87. The van der Waals surface area contributed by atoms with Gasteiger partial charge in [0.1, 0.15) is 6.10 Å². The smallest absolute Gasteiger partial charge is 0.161 e. The molecule has 0 heterocycles. The SMILES string of the molecule is CCCC(=O)C(CC(C)(C)C)OCC. The summed E-state index contributed by atoms with van der Waals surface area (Å²) in [5, 5.41) is 0. The summed E-state index contributed by atoms with van der Waals surface area (Å²) in [6.45, 7) is 11.0. The van der Waals surface area contributed by atoms with Crippen LogP contribution in [-0.2, 0) is 9.53 Å². The van der Waals surface area contributed by atoms with E-state index in [2.05, 4.69) is 20.8 Å². The second kappa shape index (κ2) is 6.18. The summed E-state index contributed by atoms with van der Waals surface area (Å²) in [5.74, 6) is 0.254. The second-order valence-electron chi connectivity index (χ2n) is 4.93. The van der Waals surface area contributed by atoms with Crippen molar-refractivity contribution >= 4 is 5.78 Å². The van der Waals surface area contributed by atoms with Gasteiger partial charge in [-0.15, -0.1) is 0 Å². The Labute approximate surface area is 88.0 Å². The molecule has 1 unspecified atom stereocenters. The number of carbonyl (C=O) groups is 1. The van der Waals surface area contributed by atoms with Gasteiger partial charge < -0.3 is 4.74 Å². The molecule has 2 nitrogen and oxygen atoms in total. The standard InChI is InChI=1S/C12H24O2/c1-6-8-10(13)11(14-7-2)9-12(3,4)5/h11H,6-9H2,1-5H3. The maximum absolute atomic E-state index is 11.7. The molecule has 0 aliphatic rings. The van der Waals surface area contributed by atoms with Gasteiger partial charge in [-0.2, -0.15) is 0 Å². The summed E-state index contributed by atoms with van der Waals surface area (Å²) in [6.07, 6.45) is 2.17. The molecule has 2 heteroatoms. The zero-order valence-corrected chi connectivity index (χ0v) is 10.2. The lowest BCUT2D eigenvalue weighted by molar-refractivity contribution is -0.132. The van der Waals surface area contributed by atoms with Crippen molar-refractivity contribution in [1.29, 1.82) is 0 Å². The van der Waals surface area contributed by atoms with E-state index in [0.717, 1.165) is 12.8 Å². The Kier molecular flexibility index (Phi) is 6.01. The van der Waals surface area contributed by atoms with Crippen LogP contribution in [-0.4, -0.2) is 18.5 Å². The van der Waals surface area contributed by atoms with Crippen molar-refractivity contribution in [3.8, 4) is 0 Å². The van der Waals surface area contributed by atoms with E-state index >= 15 is 0 Å². The van der Waals surface area contributed by atoms with Crippen molar-refractivity contribution in [1.82, 2.24) is 0 Å². The minimum absolute atomic E-state index is 0.156. The molecule has 0 radical (unpaired) electrons. The predicted octanol–water partition coefficient (Wildman–Crippen LogP) is 3.20. The second-order valence-corrected chi connectivity index (χ2v) is 4.93. The Bertz CT molecular complexity index is 168. The minimum Gasteiger partial charge on any atom is -0.371 e. The number of rotatable bonds is 6. The van der Waals surface area contributed by atoms with E-state index in [1.54, 1.807) is 0 Å².